The van der Waals surface area contributed by atoms with Crippen LogP contribution in [0, 0.1) is 12.7 Å². The molecule has 2 rings (SSSR count). The molecule has 1 N–H and O–H groups in total. The molecule has 5 heteroatoms. The zero-order valence-electron chi connectivity index (χ0n) is 10.7. The van der Waals surface area contributed by atoms with Gasteiger partial charge >= 0.3 is 5.97 Å². The van der Waals surface area contributed by atoms with Crippen molar-refractivity contribution in [2.45, 2.75) is 13.5 Å². The minimum Gasteiger partial charge on any atom is -0.488 e. The van der Waals surface area contributed by atoms with Gasteiger partial charge in [0.05, 0.1) is 0 Å². The van der Waals surface area contributed by atoms with Crippen molar-refractivity contribution >= 4 is 17.6 Å². The highest BCUT2D eigenvalue weighted by Gasteiger charge is 2.12. The number of hydrogen-bond donors (Lipinski definition) is 1. The van der Waals surface area contributed by atoms with E-state index in [0.717, 1.165) is 5.56 Å². The summed E-state index contributed by atoms with van der Waals surface area (Å²) in [6.45, 7) is 1.83. The van der Waals surface area contributed by atoms with Gasteiger partial charge in [-0.25, -0.2) is 9.18 Å². The number of halogens is 2. The van der Waals surface area contributed by atoms with E-state index in [9.17, 15) is 9.18 Å². The normalized spacial score (nSPS) is 10.3. The first-order valence-electron chi connectivity index (χ1n) is 5.88. The van der Waals surface area contributed by atoms with E-state index in [2.05, 4.69) is 0 Å². The zero-order valence-corrected chi connectivity index (χ0v) is 11.4. The fraction of sp³-hybridized carbons (Fsp3) is 0.133. The minimum absolute atomic E-state index is 0.000324. The summed E-state index contributed by atoms with van der Waals surface area (Å²) >= 11 is 5.93. The lowest BCUT2D eigenvalue weighted by Crippen LogP contribution is -2.04. The van der Waals surface area contributed by atoms with Gasteiger partial charge in [0, 0.05) is 10.6 Å². The number of carboxylic acid groups (broad SMARTS) is 1. The summed E-state index contributed by atoms with van der Waals surface area (Å²) in [6, 6.07) is 8.73. The van der Waals surface area contributed by atoms with E-state index in [-0.39, 0.29) is 17.9 Å². The number of rotatable bonds is 4. The molecule has 3 nitrogen and oxygen atoms in total. The largest absolute Gasteiger partial charge is 0.488 e. The van der Waals surface area contributed by atoms with E-state index in [4.69, 9.17) is 21.4 Å². The maximum atomic E-state index is 13.1. The molecule has 104 valence electrons. The van der Waals surface area contributed by atoms with Crippen molar-refractivity contribution in [3.63, 3.8) is 0 Å². The Kier molecular flexibility index (Phi) is 4.25. The molecule has 0 saturated heterocycles. The number of carboxylic acids is 1. The van der Waals surface area contributed by atoms with Crippen LogP contribution >= 0.6 is 11.6 Å². The Bertz CT molecular complexity index is 656. The van der Waals surface area contributed by atoms with Gasteiger partial charge in [0.15, 0.2) is 0 Å². The topological polar surface area (TPSA) is 46.5 Å². The average Bonchev–Trinajstić information content (AvgIpc) is 2.39. The van der Waals surface area contributed by atoms with Crippen molar-refractivity contribution in [3.05, 3.63) is 63.9 Å². The molecule has 0 amide bonds. The van der Waals surface area contributed by atoms with Crippen molar-refractivity contribution in [1.29, 1.82) is 0 Å². The van der Waals surface area contributed by atoms with Crippen molar-refractivity contribution in [3.8, 4) is 5.75 Å². The first-order valence-corrected chi connectivity index (χ1v) is 6.26. The van der Waals surface area contributed by atoms with Crippen molar-refractivity contribution in [2.75, 3.05) is 0 Å². The van der Waals surface area contributed by atoms with Crippen LogP contribution in [0.1, 0.15) is 21.5 Å². The molecule has 0 unspecified atom stereocenters. The fourth-order valence-electron chi connectivity index (χ4n) is 1.74. The zero-order chi connectivity index (χ0) is 14.7. The van der Waals surface area contributed by atoms with Crippen LogP contribution < -0.4 is 4.74 Å². The van der Waals surface area contributed by atoms with E-state index in [1.807, 2.05) is 6.92 Å². The molecule has 0 aliphatic carbocycles. The molecular weight excluding hydrogens is 283 g/mol. The van der Waals surface area contributed by atoms with Crippen LogP contribution in [-0.2, 0) is 6.61 Å². The van der Waals surface area contributed by atoms with E-state index < -0.39 is 11.8 Å². The summed E-state index contributed by atoms with van der Waals surface area (Å²) in [7, 11) is 0. The number of benzene rings is 2. The lowest BCUT2D eigenvalue weighted by Gasteiger charge is -2.11. The molecular formula is C15H12ClFO3. The molecule has 0 heterocycles. The van der Waals surface area contributed by atoms with Crippen LogP contribution in [0.25, 0.3) is 0 Å². The van der Waals surface area contributed by atoms with Gasteiger partial charge in [-0.2, -0.15) is 0 Å². The lowest BCUT2D eigenvalue weighted by molar-refractivity contribution is 0.0691. The maximum Gasteiger partial charge on any atom is 0.339 e. The molecule has 0 aliphatic rings. The first kappa shape index (κ1) is 14.3. The number of hydrogen-bond acceptors (Lipinski definition) is 2. The highest BCUT2D eigenvalue weighted by atomic mass is 35.5. The van der Waals surface area contributed by atoms with Gasteiger partial charge in [0.25, 0.3) is 0 Å². The van der Waals surface area contributed by atoms with E-state index >= 15 is 0 Å². The van der Waals surface area contributed by atoms with E-state index in [0.29, 0.717) is 10.6 Å². The maximum absolute atomic E-state index is 13.1. The summed E-state index contributed by atoms with van der Waals surface area (Å²) in [5, 5.41) is 9.46. The number of carbonyl (C=O) groups is 1. The fourth-order valence-corrected chi connectivity index (χ4v) is 1.91. The molecule has 20 heavy (non-hydrogen) atoms. The molecule has 0 saturated carbocycles. The molecule has 0 bridgehead atoms. The quantitative estimate of drug-likeness (QED) is 0.925. The Morgan fingerprint density at radius 1 is 1.30 bits per heavy atom. The molecule has 0 fully saturated rings. The monoisotopic (exact) mass is 294 g/mol. The van der Waals surface area contributed by atoms with Gasteiger partial charge < -0.3 is 9.84 Å². The van der Waals surface area contributed by atoms with Crippen LogP contribution in [0.3, 0.4) is 0 Å². The summed E-state index contributed by atoms with van der Waals surface area (Å²) < 4.78 is 18.6. The Balaban J connectivity index is 2.24. The van der Waals surface area contributed by atoms with Crippen LogP contribution in [0.4, 0.5) is 4.39 Å². The van der Waals surface area contributed by atoms with E-state index in [1.54, 1.807) is 12.1 Å². The van der Waals surface area contributed by atoms with Crippen LogP contribution in [0.2, 0.25) is 5.02 Å². The van der Waals surface area contributed by atoms with Gasteiger partial charge in [-0.05, 0) is 42.8 Å². The molecule has 0 aromatic heterocycles. The number of aryl methyl sites for hydroxylation is 1. The predicted molar refractivity (Wildman–Crippen MR) is 73.9 cm³/mol. The van der Waals surface area contributed by atoms with Gasteiger partial charge in [-0.15, -0.1) is 0 Å². The van der Waals surface area contributed by atoms with Gasteiger partial charge in [-0.1, -0.05) is 17.7 Å². The van der Waals surface area contributed by atoms with Gasteiger partial charge in [0.2, 0.25) is 0 Å². The Morgan fingerprint density at radius 2 is 2.05 bits per heavy atom. The van der Waals surface area contributed by atoms with E-state index in [1.165, 1.54) is 24.3 Å². The third-order valence-corrected chi connectivity index (χ3v) is 3.13. The number of aromatic carboxylic acids is 1. The van der Waals surface area contributed by atoms with Crippen LogP contribution in [0.5, 0.6) is 5.75 Å². The molecule has 0 radical (unpaired) electrons. The molecule has 0 spiro atoms. The second-order valence-electron chi connectivity index (χ2n) is 4.33. The van der Waals surface area contributed by atoms with Gasteiger partial charge in [-0.3, -0.25) is 0 Å². The highest BCUT2D eigenvalue weighted by Crippen LogP contribution is 2.24. The van der Waals surface area contributed by atoms with Gasteiger partial charge in [0.1, 0.15) is 23.7 Å². The van der Waals surface area contributed by atoms with Crippen molar-refractivity contribution in [1.82, 2.24) is 0 Å². The molecule has 0 atom stereocenters. The standard InChI is InChI=1S/C15H12ClFO3/c1-9-2-4-12(15(18)19)14(6-9)20-8-10-7-11(17)3-5-13(10)16/h2-7H,8H2,1H3,(H,18,19). The predicted octanol–water partition coefficient (Wildman–Crippen LogP) is 4.06. The summed E-state index contributed by atoms with van der Waals surface area (Å²) in [4.78, 5) is 11.1. The smallest absolute Gasteiger partial charge is 0.339 e. The third-order valence-electron chi connectivity index (χ3n) is 2.76. The summed E-state index contributed by atoms with van der Waals surface area (Å²) in [5.41, 5.74) is 1.39. The minimum atomic E-state index is -1.08. The SMILES string of the molecule is Cc1ccc(C(=O)O)c(OCc2cc(F)ccc2Cl)c1. The van der Waals surface area contributed by atoms with Crippen LogP contribution in [-0.4, -0.2) is 11.1 Å². The highest BCUT2D eigenvalue weighted by molar-refractivity contribution is 6.31. The van der Waals surface area contributed by atoms with Crippen LogP contribution in [0.15, 0.2) is 36.4 Å². The van der Waals surface area contributed by atoms with Crippen molar-refractivity contribution in [2.24, 2.45) is 0 Å². The first-order chi connectivity index (χ1) is 9.47. The lowest BCUT2D eigenvalue weighted by atomic mass is 10.1. The number of ether oxygens (including phenoxy) is 1. The third kappa shape index (κ3) is 3.27. The Morgan fingerprint density at radius 3 is 2.75 bits per heavy atom. The molecule has 2 aromatic rings. The second kappa shape index (κ2) is 5.92. The average molecular weight is 295 g/mol. The summed E-state index contributed by atoms with van der Waals surface area (Å²) in [6.07, 6.45) is 0. The van der Waals surface area contributed by atoms with Crippen molar-refractivity contribution < 1.29 is 19.0 Å². The Hall–Kier alpha value is -2.07. The Labute approximate surface area is 120 Å². The summed E-state index contributed by atoms with van der Waals surface area (Å²) in [5.74, 6) is -1.26. The molecule has 0 aliphatic heterocycles. The molecule has 2 aromatic carbocycles. The second-order valence-corrected chi connectivity index (χ2v) is 4.74.